The van der Waals surface area contributed by atoms with E-state index in [0.29, 0.717) is 34.9 Å². The topological polar surface area (TPSA) is 103 Å². The van der Waals surface area contributed by atoms with Crippen LogP contribution in [-0.4, -0.2) is 39.9 Å². The quantitative estimate of drug-likeness (QED) is 0.118. The van der Waals surface area contributed by atoms with Crippen LogP contribution >= 0.6 is 22.7 Å². The number of hydrogen-bond acceptors (Lipinski definition) is 10. The molecule has 0 fully saturated rings. The molecule has 10 heteroatoms. The van der Waals surface area contributed by atoms with E-state index in [4.69, 9.17) is 39.9 Å². The average molecular weight is 1440 g/mol. The van der Waals surface area contributed by atoms with Gasteiger partial charge in [0.25, 0.3) is 0 Å². The summed E-state index contributed by atoms with van der Waals surface area (Å²) in [7, 11) is 0. The number of nitrogens with zero attached hydrogens (tertiary/aromatic N) is 8. The number of rotatable bonds is 11. The average Bonchev–Trinajstić information content (AvgIpc) is 1.04. The second-order valence-electron chi connectivity index (χ2n) is 28.1. The summed E-state index contributed by atoms with van der Waals surface area (Å²) in [4.78, 5) is 42.3. The summed E-state index contributed by atoms with van der Waals surface area (Å²) in [5.41, 5.74) is 17.9. The molecule has 16 aromatic carbocycles. The molecule has 6 heterocycles. The lowest BCUT2D eigenvalue weighted by molar-refractivity contribution is 1.07. The van der Waals surface area contributed by atoms with Gasteiger partial charge in [-0.25, -0.2) is 29.9 Å². The third kappa shape index (κ3) is 10.9. The smallest absolute Gasteiger partial charge is 0.164 e. The highest BCUT2D eigenvalue weighted by Gasteiger charge is 2.23. The molecule has 22 aromatic rings. The van der Waals surface area contributed by atoms with Crippen LogP contribution < -0.4 is 0 Å². The van der Waals surface area contributed by atoms with Crippen LogP contribution in [0.3, 0.4) is 0 Å². The first-order valence-electron chi connectivity index (χ1n) is 36.8. The van der Waals surface area contributed by atoms with Crippen LogP contribution in [0.2, 0.25) is 0 Å². The molecule has 0 spiro atoms. The van der Waals surface area contributed by atoms with Gasteiger partial charge in [-0.1, -0.05) is 249 Å². The summed E-state index contributed by atoms with van der Waals surface area (Å²) < 4.78 is 4.66. The largest absolute Gasteiger partial charge is 0.255 e. The van der Waals surface area contributed by atoms with Crippen LogP contribution in [0.4, 0.5) is 0 Å². The maximum absolute atomic E-state index is 5.49. The molecule has 0 amide bonds. The van der Waals surface area contributed by atoms with Crippen molar-refractivity contribution in [2.45, 2.75) is 0 Å². The normalized spacial score (nSPS) is 11.8. The van der Waals surface area contributed by atoms with Gasteiger partial charge in [-0.2, -0.15) is 0 Å². The highest BCUT2D eigenvalue weighted by Crippen LogP contribution is 2.47. The van der Waals surface area contributed by atoms with Crippen LogP contribution in [0.15, 0.2) is 352 Å². The Balaban J connectivity index is 0.657. The van der Waals surface area contributed by atoms with E-state index in [0.717, 1.165) is 131 Å². The Bertz CT molecular complexity index is 7520. The minimum absolute atomic E-state index is 0.565. The van der Waals surface area contributed by atoms with Gasteiger partial charge in [-0.15, -0.1) is 22.7 Å². The number of thiophene rings is 2. The summed E-state index contributed by atoms with van der Waals surface area (Å²) in [6, 6.07) is 121. The number of hydrogen-bond donors (Lipinski definition) is 0. The van der Waals surface area contributed by atoms with Gasteiger partial charge >= 0.3 is 0 Å². The lowest BCUT2D eigenvalue weighted by Crippen LogP contribution is -2.01. The minimum Gasteiger partial charge on any atom is -0.255 e. The van der Waals surface area contributed by atoms with Gasteiger partial charge in [-0.05, 0) is 200 Å². The number of pyridine rings is 2. The summed E-state index contributed by atoms with van der Waals surface area (Å²) in [6.07, 6.45) is 3.88. The SMILES string of the molecule is c1ccc(-c2nc(-c3cccc(-c4ccc5cc(-c6nc(-c7ccccc7)nc(-c7cc(-c8cc9ccccc9c9ccccc89)cc(-c8ccnc9c8sc8ccccc89)c7)n6)ccc5c4)c3)nc(-c3cc(-c4ccc5c6ccccc6c6ccccc6c5c4)cc(-c4ccnc5c4sc4ccccc45)c3)n2)cc1. The molecular weight excluding hydrogens is 1380 g/mol. The Morgan fingerprint density at radius 3 is 1.08 bits per heavy atom. The monoisotopic (exact) mass is 1430 g/mol. The van der Waals surface area contributed by atoms with Gasteiger partial charge in [0.15, 0.2) is 34.9 Å². The fourth-order valence-electron chi connectivity index (χ4n) is 16.3. The van der Waals surface area contributed by atoms with Crippen molar-refractivity contribution in [3.05, 3.63) is 352 Å². The fourth-order valence-corrected chi connectivity index (χ4v) is 18.7. The predicted molar refractivity (Wildman–Crippen MR) is 459 cm³/mol. The molecule has 110 heavy (non-hydrogen) atoms. The summed E-state index contributed by atoms with van der Waals surface area (Å²) in [6.45, 7) is 0. The van der Waals surface area contributed by atoms with E-state index >= 15 is 0 Å². The van der Waals surface area contributed by atoms with Crippen LogP contribution in [0.25, 0.3) is 229 Å². The van der Waals surface area contributed by atoms with Crippen LogP contribution in [0.1, 0.15) is 0 Å². The maximum Gasteiger partial charge on any atom is 0.164 e. The van der Waals surface area contributed by atoms with Crippen molar-refractivity contribution in [3.63, 3.8) is 0 Å². The Kier molecular flexibility index (Phi) is 14.8. The zero-order chi connectivity index (χ0) is 72.3. The van der Waals surface area contributed by atoms with E-state index in [1.807, 2.05) is 48.8 Å². The van der Waals surface area contributed by atoms with Gasteiger partial charge in [0.2, 0.25) is 0 Å². The molecule has 0 saturated carbocycles. The molecule has 8 nitrogen and oxygen atoms in total. The Morgan fingerprint density at radius 2 is 0.518 bits per heavy atom. The molecule has 0 atom stereocenters. The molecule has 0 bridgehead atoms. The number of benzene rings is 16. The molecule has 6 aromatic heterocycles. The number of fused-ring (bicyclic) bond motifs is 16. The third-order valence-electron chi connectivity index (χ3n) is 21.6. The minimum atomic E-state index is 0.565. The highest BCUT2D eigenvalue weighted by atomic mass is 32.1. The molecular formula is C100H58N8S2. The zero-order valence-electron chi connectivity index (χ0n) is 58.9. The molecule has 22 rings (SSSR count). The second kappa shape index (κ2) is 25.8. The third-order valence-corrected chi connectivity index (χ3v) is 24.0. The molecule has 510 valence electrons. The molecule has 0 aliphatic carbocycles. The van der Waals surface area contributed by atoms with E-state index in [2.05, 4.69) is 303 Å². The van der Waals surface area contributed by atoms with Crippen LogP contribution in [0.5, 0.6) is 0 Å². The van der Waals surface area contributed by atoms with Crippen molar-refractivity contribution in [1.82, 2.24) is 39.9 Å². The van der Waals surface area contributed by atoms with Crippen molar-refractivity contribution >= 4 is 128 Å². The lowest BCUT2D eigenvalue weighted by Gasteiger charge is -2.15. The molecule has 0 radical (unpaired) electrons. The number of aromatic nitrogens is 8. The van der Waals surface area contributed by atoms with Crippen molar-refractivity contribution in [3.8, 4) is 124 Å². The summed E-state index contributed by atoms with van der Waals surface area (Å²) in [5, 5.41) is 16.5. The maximum atomic E-state index is 5.49. The molecule has 0 unspecified atom stereocenters. The van der Waals surface area contributed by atoms with Crippen molar-refractivity contribution < 1.29 is 0 Å². The van der Waals surface area contributed by atoms with Crippen LogP contribution in [0, 0.1) is 0 Å². The van der Waals surface area contributed by atoms with Crippen molar-refractivity contribution in [2.75, 3.05) is 0 Å². The molecule has 0 aliphatic heterocycles. The van der Waals surface area contributed by atoms with E-state index in [-0.39, 0.29) is 0 Å². The van der Waals surface area contributed by atoms with Crippen molar-refractivity contribution in [1.29, 1.82) is 0 Å². The lowest BCUT2D eigenvalue weighted by atomic mass is 9.90. The first-order chi connectivity index (χ1) is 54.4. The fraction of sp³-hybridized carbons (Fsp3) is 0. The summed E-state index contributed by atoms with van der Waals surface area (Å²) in [5.74, 6) is 3.44. The first-order valence-corrected chi connectivity index (χ1v) is 38.5. The van der Waals surface area contributed by atoms with E-state index in [9.17, 15) is 0 Å². The Morgan fingerprint density at radius 1 is 0.173 bits per heavy atom. The van der Waals surface area contributed by atoms with E-state index < -0.39 is 0 Å². The van der Waals surface area contributed by atoms with Gasteiger partial charge in [-0.3, -0.25) is 9.97 Å². The molecule has 0 N–H and O–H groups in total. The highest BCUT2D eigenvalue weighted by molar-refractivity contribution is 7.26. The second-order valence-corrected chi connectivity index (χ2v) is 30.2. The molecule has 0 saturated heterocycles. The molecule has 0 aliphatic rings. The standard InChI is InChI=1S/C100H58N8S2/c1-3-20-59(21-4-1)95-103-97(107-99(105-95)73-52-69(51-70(54-73)76-44-46-101-91-85-34-15-17-36-89(85)109-93(76)91)65-42-43-84-81-31-11-10-29-79(81)80-30-12-14-33-83(80)88(84)57-65)67-26-19-25-61(49-67)62-38-39-64-50-68(41-40-63(64)48-62)98-104-96(60-22-5-2-6-23-60)106-100(108-98)74-55-71(77-45-47-102-92-86-35-16-18-37-90(86)110-94(77)92)53-72(56-74)87-58-66-24-7-8-27-75(66)78-28-9-13-32-82(78)87/h1-58H. The van der Waals surface area contributed by atoms with Gasteiger partial charge in [0.1, 0.15) is 0 Å². The van der Waals surface area contributed by atoms with E-state index in [1.165, 1.54) is 63.3 Å². The predicted octanol–water partition coefficient (Wildman–Crippen LogP) is 26.8. The van der Waals surface area contributed by atoms with Gasteiger partial charge in [0, 0.05) is 77.1 Å². The zero-order valence-corrected chi connectivity index (χ0v) is 60.5. The Labute approximate surface area is 639 Å². The van der Waals surface area contributed by atoms with Crippen molar-refractivity contribution in [2.24, 2.45) is 0 Å². The van der Waals surface area contributed by atoms with Crippen LogP contribution in [-0.2, 0) is 0 Å². The van der Waals surface area contributed by atoms with Gasteiger partial charge < -0.3 is 0 Å². The first kappa shape index (κ1) is 63.1. The van der Waals surface area contributed by atoms with Gasteiger partial charge in [0.05, 0.1) is 20.4 Å². The Hall–Kier alpha value is -14.2. The van der Waals surface area contributed by atoms with E-state index in [1.54, 1.807) is 22.7 Å². The summed E-state index contributed by atoms with van der Waals surface area (Å²) >= 11 is 3.55.